The van der Waals surface area contributed by atoms with Crippen LogP contribution in [0.4, 0.5) is 5.69 Å². The van der Waals surface area contributed by atoms with Gasteiger partial charge in [0.2, 0.25) is 0 Å². The van der Waals surface area contributed by atoms with E-state index in [0.717, 1.165) is 13.2 Å². The molecule has 0 bridgehead atoms. The number of sulfonamides is 1. The lowest BCUT2D eigenvalue weighted by atomic mass is 10.2. The topological polar surface area (TPSA) is 119 Å². The van der Waals surface area contributed by atoms with Crippen LogP contribution in [0.5, 0.6) is 5.75 Å². The molecule has 0 unspecified atom stereocenters. The molecule has 2 rings (SSSR count). The van der Waals surface area contributed by atoms with Crippen molar-refractivity contribution < 1.29 is 32.6 Å². The first kappa shape index (κ1) is 19.5. The van der Waals surface area contributed by atoms with Crippen LogP contribution in [0.1, 0.15) is 20.7 Å². The van der Waals surface area contributed by atoms with Gasteiger partial charge in [-0.3, -0.25) is 4.72 Å². The second-order valence-electron chi connectivity index (χ2n) is 4.96. The molecule has 0 saturated heterocycles. The summed E-state index contributed by atoms with van der Waals surface area (Å²) in [6.45, 7) is 0. The van der Waals surface area contributed by atoms with Gasteiger partial charge < -0.3 is 14.6 Å². The fourth-order valence-electron chi connectivity index (χ4n) is 2.11. The maximum Gasteiger partial charge on any atom is 0.339 e. The molecule has 2 N–H and O–H groups in total. The van der Waals surface area contributed by atoms with Crippen LogP contribution in [0.2, 0.25) is 5.02 Å². The summed E-state index contributed by atoms with van der Waals surface area (Å²) in [5, 5.41) is 9.26. The third kappa shape index (κ3) is 4.06. The van der Waals surface area contributed by atoms with Gasteiger partial charge in [0, 0.05) is 5.02 Å². The minimum Gasteiger partial charge on any atom is -0.495 e. The molecule has 8 nitrogen and oxygen atoms in total. The SMILES string of the molecule is COC(=O)c1ccc(Cl)cc1NS(=O)(=O)c1cc(C(=O)O)ccc1OC. The van der Waals surface area contributed by atoms with Gasteiger partial charge >= 0.3 is 11.9 Å². The highest BCUT2D eigenvalue weighted by Crippen LogP contribution is 2.29. The minimum atomic E-state index is -4.30. The number of carbonyl (C=O) groups is 2. The van der Waals surface area contributed by atoms with E-state index in [1.54, 1.807) is 0 Å². The lowest BCUT2D eigenvalue weighted by Crippen LogP contribution is -2.17. The average molecular weight is 400 g/mol. The van der Waals surface area contributed by atoms with Crippen LogP contribution >= 0.6 is 11.6 Å². The van der Waals surface area contributed by atoms with Crippen LogP contribution in [0, 0.1) is 0 Å². The Morgan fingerprint density at radius 3 is 2.38 bits per heavy atom. The van der Waals surface area contributed by atoms with Crippen molar-refractivity contribution in [1.82, 2.24) is 0 Å². The van der Waals surface area contributed by atoms with E-state index in [1.165, 1.54) is 37.4 Å². The molecule has 0 amide bonds. The third-order valence-corrected chi connectivity index (χ3v) is 4.95. The molecule has 0 aliphatic heterocycles. The number of hydrogen-bond acceptors (Lipinski definition) is 6. The molecule has 0 saturated carbocycles. The smallest absolute Gasteiger partial charge is 0.339 e. The summed E-state index contributed by atoms with van der Waals surface area (Å²) in [7, 11) is -1.91. The first-order chi connectivity index (χ1) is 12.2. The van der Waals surface area contributed by atoms with Crippen molar-refractivity contribution in [3.63, 3.8) is 0 Å². The molecule has 0 aromatic heterocycles. The normalized spacial score (nSPS) is 10.9. The fourth-order valence-corrected chi connectivity index (χ4v) is 3.55. The number of benzene rings is 2. The summed E-state index contributed by atoms with van der Waals surface area (Å²) in [5.41, 5.74) is -0.425. The third-order valence-electron chi connectivity index (χ3n) is 3.33. The summed E-state index contributed by atoms with van der Waals surface area (Å²) >= 11 is 5.88. The minimum absolute atomic E-state index is 0.0613. The van der Waals surface area contributed by atoms with Crippen molar-refractivity contribution in [1.29, 1.82) is 0 Å². The van der Waals surface area contributed by atoms with Crippen LogP contribution < -0.4 is 9.46 Å². The Bertz CT molecular complexity index is 973. The van der Waals surface area contributed by atoms with Gasteiger partial charge in [-0.2, -0.15) is 0 Å². The van der Waals surface area contributed by atoms with Gasteiger partial charge in [-0.1, -0.05) is 11.6 Å². The molecule has 0 atom stereocenters. The molecule has 2 aromatic rings. The van der Waals surface area contributed by atoms with E-state index >= 15 is 0 Å². The first-order valence-corrected chi connectivity index (χ1v) is 8.87. The van der Waals surface area contributed by atoms with Crippen LogP contribution in [0.15, 0.2) is 41.3 Å². The largest absolute Gasteiger partial charge is 0.495 e. The summed E-state index contributed by atoms with van der Waals surface area (Å²) in [6.07, 6.45) is 0. The van der Waals surface area contributed by atoms with Crippen molar-refractivity contribution in [3.05, 3.63) is 52.5 Å². The van der Waals surface area contributed by atoms with E-state index in [1.807, 2.05) is 0 Å². The Morgan fingerprint density at radius 1 is 1.12 bits per heavy atom. The average Bonchev–Trinajstić information content (AvgIpc) is 2.60. The van der Waals surface area contributed by atoms with Crippen LogP contribution in [0.25, 0.3) is 0 Å². The molecule has 0 aliphatic rings. The Labute approximate surface area is 154 Å². The number of carboxylic acid groups (broad SMARTS) is 1. The quantitative estimate of drug-likeness (QED) is 0.716. The molecule has 10 heteroatoms. The zero-order valence-electron chi connectivity index (χ0n) is 13.6. The lowest BCUT2D eigenvalue weighted by Gasteiger charge is -2.14. The number of carbonyl (C=O) groups excluding carboxylic acids is 1. The summed E-state index contributed by atoms with van der Waals surface area (Å²) in [4.78, 5) is 22.6. The van der Waals surface area contributed by atoms with Gasteiger partial charge in [0.15, 0.2) is 0 Å². The van der Waals surface area contributed by atoms with Crippen molar-refractivity contribution in [3.8, 4) is 5.75 Å². The van der Waals surface area contributed by atoms with Crippen molar-refractivity contribution in [2.45, 2.75) is 4.90 Å². The number of methoxy groups -OCH3 is 2. The Balaban J connectivity index is 2.57. The van der Waals surface area contributed by atoms with Crippen molar-refractivity contribution in [2.24, 2.45) is 0 Å². The molecule has 0 aliphatic carbocycles. The number of carboxylic acids is 1. The van der Waals surface area contributed by atoms with Crippen molar-refractivity contribution in [2.75, 3.05) is 18.9 Å². The molecule has 0 heterocycles. The van der Waals surface area contributed by atoms with Gasteiger partial charge in [-0.05, 0) is 36.4 Å². The van der Waals surface area contributed by atoms with Crippen molar-refractivity contribution >= 4 is 39.3 Å². The number of ether oxygens (including phenoxy) is 2. The summed E-state index contributed by atoms with van der Waals surface area (Å²) < 4.78 is 37.3. The van der Waals surface area contributed by atoms with Crippen LogP contribution in [-0.4, -0.2) is 39.7 Å². The maximum absolute atomic E-state index is 12.8. The zero-order chi connectivity index (χ0) is 19.5. The highest BCUT2D eigenvalue weighted by Gasteiger charge is 2.24. The number of rotatable bonds is 6. The van der Waals surface area contributed by atoms with E-state index < -0.39 is 26.9 Å². The van der Waals surface area contributed by atoms with Crippen LogP contribution in [0.3, 0.4) is 0 Å². The molecular formula is C16H14ClNO7S. The number of esters is 1. The second kappa shape index (κ2) is 7.63. The number of nitrogens with one attached hydrogen (secondary N) is 1. The highest BCUT2D eigenvalue weighted by atomic mass is 35.5. The predicted molar refractivity (Wildman–Crippen MR) is 93.6 cm³/mol. The molecule has 0 spiro atoms. The van der Waals surface area contributed by atoms with Gasteiger partial charge in [0.05, 0.1) is 31.0 Å². The molecule has 0 fully saturated rings. The maximum atomic E-state index is 12.8. The molecule has 0 radical (unpaired) electrons. The Hall–Kier alpha value is -2.78. The summed E-state index contributed by atoms with van der Waals surface area (Å²) in [5.74, 6) is -2.14. The highest BCUT2D eigenvalue weighted by molar-refractivity contribution is 7.92. The zero-order valence-corrected chi connectivity index (χ0v) is 15.2. The second-order valence-corrected chi connectivity index (χ2v) is 7.05. The molecule has 26 heavy (non-hydrogen) atoms. The van der Waals surface area contributed by atoms with Gasteiger partial charge in [-0.15, -0.1) is 0 Å². The lowest BCUT2D eigenvalue weighted by molar-refractivity contribution is 0.0601. The molecule has 2 aromatic carbocycles. The molecular weight excluding hydrogens is 386 g/mol. The number of aromatic carboxylic acids is 1. The fraction of sp³-hybridized carbons (Fsp3) is 0.125. The molecule has 138 valence electrons. The van der Waals surface area contributed by atoms with E-state index in [9.17, 15) is 18.0 Å². The Kier molecular flexibility index (Phi) is 5.73. The monoisotopic (exact) mass is 399 g/mol. The van der Waals surface area contributed by atoms with E-state index in [4.69, 9.17) is 21.4 Å². The number of hydrogen-bond donors (Lipinski definition) is 2. The number of halogens is 1. The predicted octanol–water partition coefficient (Wildman–Crippen LogP) is 2.63. The van der Waals surface area contributed by atoms with Gasteiger partial charge in [0.1, 0.15) is 10.6 Å². The standard InChI is InChI=1S/C16H14ClNO7S/c1-24-13-6-3-9(15(19)20)7-14(13)26(22,23)18-12-8-10(17)4-5-11(12)16(21)25-2/h3-8,18H,1-2H3,(H,19,20). The van der Waals surface area contributed by atoms with E-state index in [-0.39, 0.29) is 27.6 Å². The van der Waals surface area contributed by atoms with Crippen LogP contribution in [-0.2, 0) is 14.8 Å². The van der Waals surface area contributed by atoms with E-state index in [2.05, 4.69) is 9.46 Å². The van der Waals surface area contributed by atoms with Gasteiger partial charge in [0.25, 0.3) is 10.0 Å². The van der Waals surface area contributed by atoms with E-state index in [0.29, 0.717) is 0 Å². The summed E-state index contributed by atoms with van der Waals surface area (Å²) in [6, 6.07) is 7.32. The first-order valence-electron chi connectivity index (χ1n) is 7.01. The Morgan fingerprint density at radius 2 is 1.81 bits per heavy atom. The van der Waals surface area contributed by atoms with Gasteiger partial charge in [-0.25, -0.2) is 18.0 Å². The number of anilines is 1.